The van der Waals surface area contributed by atoms with Gasteiger partial charge in [0.25, 0.3) is 0 Å². The van der Waals surface area contributed by atoms with Gasteiger partial charge in [-0.1, -0.05) is 42.1 Å². The molecule has 3 rings (SSSR count). The summed E-state index contributed by atoms with van der Waals surface area (Å²) >= 11 is 1.58. The predicted molar refractivity (Wildman–Crippen MR) is 95.4 cm³/mol. The van der Waals surface area contributed by atoms with Crippen molar-refractivity contribution in [3.8, 4) is 5.69 Å². The number of aromatic nitrogens is 3. The molecular formula is C18H18N4OS. The summed E-state index contributed by atoms with van der Waals surface area (Å²) in [5, 5.41) is 9.33. The highest BCUT2D eigenvalue weighted by molar-refractivity contribution is 7.98. The van der Waals surface area contributed by atoms with E-state index in [2.05, 4.69) is 33.8 Å². The second-order valence-corrected chi connectivity index (χ2v) is 6.45. The maximum Gasteiger partial charge on any atom is 0.248 e. The topological polar surface area (TPSA) is 73.8 Å². The molecule has 0 bridgehead atoms. The SMILES string of the molecule is Cc1ccccc1-n1c(C)nnc1SCc1cccc(C(N)=O)c1. The molecule has 0 aliphatic heterocycles. The smallest absolute Gasteiger partial charge is 0.248 e. The highest BCUT2D eigenvalue weighted by atomic mass is 32.2. The molecule has 0 saturated carbocycles. The average Bonchev–Trinajstić information content (AvgIpc) is 2.94. The number of hydrogen-bond donors (Lipinski definition) is 1. The largest absolute Gasteiger partial charge is 0.366 e. The van der Waals surface area contributed by atoms with Gasteiger partial charge in [-0.15, -0.1) is 10.2 Å². The van der Waals surface area contributed by atoms with Crippen LogP contribution in [-0.2, 0) is 5.75 Å². The van der Waals surface area contributed by atoms with Crippen molar-refractivity contribution in [2.45, 2.75) is 24.8 Å². The molecule has 1 amide bonds. The summed E-state index contributed by atoms with van der Waals surface area (Å²) in [5.74, 6) is 1.11. The van der Waals surface area contributed by atoms with E-state index in [9.17, 15) is 4.79 Å². The summed E-state index contributed by atoms with van der Waals surface area (Å²) < 4.78 is 2.05. The van der Waals surface area contributed by atoms with E-state index in [-0.39, 0.29) is 0 Å². The first-order valence-corrected chi connectivity index (χ1v) is 8.54. The maximum absolute atomic E-state index is 11.3. The van der Waals surface area contributed by atoms with E-state index >= 15 is 0 Å². The lowest BCUT2D eigenvalue weighted by atomic mass is 10.1. The highest BCUT2D eigenvalue weighted by Gasteiger charge is 2.13. The zero-order chi connectivity index (χ0) is 17.1. The Morgan fingerprint density at radius 3 is 2.67 bits per heavy atom. The number of carbonyl (C=O) groups excluding carboxylic acids is 1. The molecule has 2 aromatic carbocycles. The summed E-state index contributed by atoms with van der Waals surface area (Å²) in [6, 6.07) is 15.5. The fourth-order valence-electron chi connectivity index (χ4n) is 2.49. The number of benzene rings is 2. The normalized spacial score (nSPS) is 10.8. The van der Waals surface area contributed by atoms with Crippen LogP contribution in [0.2, 0.25) is 0 Å². The van der Waals surface area contributed by atoms with Gasteiger partial charge in [0.2, 0.25) is 5.91 Å². The van der Waals surface area contributed by atoms with Crippen molar-refractivity contribution in [1.82, 2.24) is 14.8 Å². The average molecular weight is 338 g/mol. The van der Waals surface area contributed by atoms with Crippen LogP contribution < -0.4 is 5.73 Å². The van der Waals surface area contributed by atoms with Crippen molar-refractivity contribution in [1.29, 1.82) is 0 Å². The Hall–Kier alpha value is -2.60. The van der Waals surface area contributed by atoms with Crippen LogP contribution in [-0.4, -0.2) is 20.7 Å². The molecule has 3 aromatic rings. The number of thioether (sulfide) groups is 1. The number of carbonyl (C=O) groups is 1. The van der Waals surface area contributed by atoms with Gasteiger partial charge in [0, 0.05) is 11.3 Å². The highest BCUT2D eigenvalue weighted by Crippen LogP contribution is 2.26. The van der Waals surface area contributed by atoms with Crippen molar-refractivity contribution in [2.24, 2.45) is 5.73 Å². The minimum absolute atomic E-state index is 0.416. The summed E-state index contributed by atoms with van der Waals surface area (Å²) in [6.07, 6.45) is 0. The van der Waals surface area contributed by atoms with Crippen LogP contribution in [0.3, 0.4) is 0 Å². The van der Waals surface area contributed by atoms with Gasteiger partial charge in [0.1, 0.15) is 5.82 Å². The third-order valence-electron chi connectivity index (χ3n) is 3.73. The summed E-state index contributed by atoms with van der Waals surface area (Å²) in [6.45, 7) is 4.01. The summed E-state index contributed by atoms with van der Waals surface area (Å²) in [7, 11) is 0. The lowest BCUT2D eigenvalue weighted by molar-refractivity contribution is 0.1000. The molecule has 0 spiro atoms. The Kier molecular flexibility index (Phi) is 4.66. The summed E-state index contributed by atoms with van der Waals surface area (Å²) in [5.41, 5.74) is 9.12. The van der Waals surface area contributed by atoms with Gasteiger partial charge in [-0.25, -0.2) is 0 Å². The Morgan fingerprint density at radius 1 is 1.12 bits per heavy atom. The van der Waals surface area contributed by atoms with Crippen molar-refractivity contribution in [3.05, 3.63) is 71.0 Å². The zero-order valence-corrected chi connectivity index (χ0v) is 14.4. The predicted octanol–water partition coefficient (Wildman–Crippen LogP) is 3.28. The minimum Gasteiger partial charge on any atom is -0.366 e. The lowest BCUT2D eigenvalue weighted by Gasteiger charge is -2.11. The molecule has 6 heteroatoms. The molecule has 0 atom stereocenters. The second kappa shape index (κ2) is 6.88. The van der Waals surface area contributed by atoms with Gasteiger partial charge in [-0.05, 0) is 43.2 Å². The molecule has 1 aromatic heterocycles. The third-order valence-corrected chi connectivity index (χ3v) is 4.73. The summed E-state index contributed by atoms with van der Waals surface area (Å²) in [4.78, 5) is 11.3. The second-order valence-electron chi connectivity index (χ2n) is 5.50. The number of nitrogens with two attached hydrogens (primary N) is 1. The first kappa shape index (κ1) is 16.3. The van der Waals surface area contributed by atoms with Gasteiger partial charge in [0.05, 0.1) is 5.69 Å². The van der Waals surface area contributed by atoms with Crippen LogP contribution >= 0.6 is 11.8 Å². The molecular weight excluding hydrogens is 320 g/mol. The van der Waals surface area contributed by atoms with E-state index < -0.39 is 5.91 Å². The fourth-order valence-corrected chi connectivity index (χ4v) is 3.42. The maximum atomic E-state index is 11.3. The molecule has 0 saturated heterocycles. The minimum atomic E-state index is -0.416. The van der Waals surface area contributed by atoms with Gasteiger partial charge in [0.15, 0.2) is 5.16 Å². The van der Waals surface area contributed by atoms with Crippen LogP contribution in [0.1, 0.15) is 27.3 Å². The van der Waals surface area contributed by atoms with E-state index in [0.29, 0.717) is 11.3 Å². The van der Waals surface area contributed by atoms with Gasteiger partial charge < -0.3 is 5.73 Å². The molecule has 0 aliphatic rings. The molecule has 0 radical (unpaired) electrons. The van der Waals surface area contributed by atoms with Crippen LogP contribution in [0.15, 0.2) is 53.7 Å². The molecule has 5 nitrogen and oxygen atoms in total. The molecule has 1 heterocycles. The van der Waals surface area contributed by atoms with E-state index in [0.717, 1.165) is 27.8 Å². The van der Waals surface area contributed by atoms with Gasteiger partial charge >= 0.3 is 0 Å². The Morgan fingerprint density at radius 2 is 1.92 bits per heavy atom. The quantitative estimate of drug-likeness (QED) is 0.725. The van der Waals surface area contributed by atoms with E-state index in [4.69, 9.17) is 5.73 Å². The Balaban J connectivity index is 1.86. The van der Waals surface area contributed by atoms with Crippen molar-refractivity contribution in [2.75, 3.05) is 0 Å². The van der Waals surface area contributed by atoms with E-state index in [1.165, 1.54) is 0 Å². The number of rotatable bonds is 5. The number of hydrogen-bond acceptors (Lipinski definition) is 4. The Labute approximate surface area is 144 Å². The number of nitrogens with zero attached hydrogens (tertiary/aromatic N) is 3. The molecule has 0 fully saturated rings. The van der Waals surface area contributed by atoms with Gasteiger partial charge in [-0.3, -0.25) is 9.36 Å². The first-order valence-electron chi connectivity index (χ1n) is 7.56. The van der Waals surface area contributed by atoms with Crippen LogP contribution in [0, 0.1) is 13.8 Å². The van der Waals surface area contributed by atoms with Gasteiger partial charge in [-0.2, -0.15) is 0 Å². The third kappa shape index (κ3) is 3.33. The number of amides is 1. The van der Waals surface area contributed by atoms with Crippen LogP contribution in [0.4, 0.5) is 0 Å². The molecule has 0 unspecified atom stereocenters. The Bertz CT molecular complexity index is 888. The number of para-hydroxylation sites is 1. The van der Waals surface area contributed by atoms with Crippen LogP contribution in [0.5, 0.6) is 0 Å². The molecule has 0 aliphatic carbocycles. The molecule has 24 heavy (non-hydrogen) atoms. The van der Waals surface area contributed by atoms with Crippen LogP contribution in [0.25, 0.3) is 5.69 Å². The van der Waals surface area contributed by atoms with Crippen molar-refractivity contribution < 1.29 is 4.79 Å². The van der Waals surface area contributed by atoms with Crippen molar-refractivity contribution >= 4 is 17.7 Å². The van der Waals surface area contributed by atoms with E-state index in [1.54, 1.807) is 17.8 Å². The zero-order valence-electron chi connectivity index (χ0n) is 13.6. The monoisotopic (exact) mass is 338 g/mol. The van der Waals surface area contributed by atoms with E-state index in [1.807, 2.05) is 37.3 Å². The molecule has 122 valence electrons. The van der Waals surface area contributed by atoms with Crippen molar-refractivity contribution in [3.63, 3.8) is 0 Å². The standard InChI is InChI=1S/C18H18N4OS/c1-12-6-3-4-9-16(12)22-13(2)20-21-18(22)24-11-14-7-5-8-15(10-14)17(19)23/h3-10H,11H2,1-2H3,(H2,19,23). The lowest BCUT2D eigenvalue weighted by Crippen LogP contribution is -2.10. The fraction of sp³-hybridized carbons (Fsp3) is 0.167. The number of primary amides is 1. The first-order chi connectivity index (χ1) is 11.6. The number of aryl methyl sites for hydroxylation is 2. The molecule has 2 N–H and O–H groups in total.